The summed E-state index contributed by atoms with van der Waals surface area (Å²) in [6.07, 6.45) is 0. The van der Waals surface area contributed by atoms with Gasteiger partial charge in [-0.2, -0.15) is 0 Å². The minimum absolute atomic E-state index is 0.101. The largest absolute Gasteiger partial charge is 0.379 e. The minimum atomic E-state index is -0.136. The summed E-state index contributed by atoms with van der Waals surface area (Å²) in [5.41, 5.74) is 0.678. The predicted octanol–water partition coefficient (Wildman–Crippen LogP) is 0.999. The average Bonchev–Trinajstić information content (AvgIpc) is 2.36. The van der Waals surface area contributed by atoms with Crippen LogP contribution in [0.1, 0.15) is 5.56 Å². The van der Waals surface area contributed by atoms with Crippen molar-refractivity contribution < 1.29 is 9.13 Å². The number of halogens is 1. The molecule has 18 heavy (non-hydrogen) atoms. The second-order valence-corrected chi connectivity index (χ2v) is 5.28. The number of rotatable bonds is 3. The van der Waals surface area contributed by atoms with E-state index in [1.807, 2.05) is 12.1 Å². The molecule has 2 saturated heterocycles. The molecule has 0 spiro atoms. The monoisotopic (exact) mass is 250 g/mol. The summed E-state index contributed by atoms with van der Waals surface area (Å²) in [6.45, 7) is 6.29. The quantitative estimate of drug-likeness (QED) is 0.866. The third kappa shape index (κ3) is 2.16. The molecule has 0 saturated carbocycles. The van der Waals surface area contributed by atoms with E-state index < -0.39 is 0 Å². The van der Waals surface area contributed by atoms with Crippen LogP contribution in [-0.4, -0.2) is 50.8 Å². The second kappa shape index (κ2) is 4.96. The SMILES string of the molecule is Fc1ccccc1C1(CN2CCNCC2)COC1. The van der Waals surface area contributed by atoms with Gasteiger partial charge in [-0.05, 0) is 11.6 Å². The molecule has 1 aromatic rings. The molecule has 0 atom stereocenters. The molecule has 2 heterocycles. The number of nitrogens with one attached hydrogen (secondary N) is 1. The zero-order valence-electron chi connectivity index (χ0n) is 10.5. The molecule has 0 aromatic heterocycles. The van der Waals surface area contributed by atoms with Crippen LogP contribution in [0.15, 0.2) is 24.3 Å². The standard InChI is InChI=1S/C14H19FN2O/c15-13-4-2-1-3-12(13)14(10-18-11-14)9-17-7-5-16-6-8-17/h1-4,16H,5-11H2. The zero-order chi connectivity index (χ0) is 12.4. The van der Waals surface area contributed by atoms with Gasteiger partial charge in [0.1, 0.15) is 5.82 Å². The van der Waals surface area contributed by atoms with E-state index >= 15 is 0 Å². The van der Waals surface area contributed by atoms with Crippen molar-refractivity contribution in [1.29, 1.82) is 0 Å². The van der Waals surface area contributed by atoms with Crippen molar-refractivity contribution in [1.82, 2.24) is 10.2 Å². The van der Waals surface area contributed by atoms with Crippen LogP contribution in [-0.2, 0) is 10.2 Å². The molecule has 0 bridgehead atoms. The molecule has 2 aliphatic rings. The Balaban J connectivity index is 1.79. The maximum atomic E-state index is 14.0. The summed E-state index contributed by atoms with van der Waals surface area (Å²) in [6, 6.07) is 7.11. The summed E-state index contributed by atoms with van der Waals surface area (Å²) < 4.78 is 19.4. The maximum absolute atomic E-state index is 14.0. The highest BCUT2D eigenvalue weighted by Gasteiger charge is 2.43. The molecule has 3 rings (SSSR count). The van der Waals surface area contributed by atoms with Crippen molar-refractivity contribution in [3.05, 3.63) is 35.6 Å². The number of ether oxygens (including phenoxy) is 1. The maximum Gasteiger partial charge on any atom is 0.127 e. The fraction of sp³-hybridized carbons (Fsp3) is 0.571. The van der Waals surface area contributed by atoms with Gasteiger partial charge in [0.15, 0.2) is 0 Å². The highest BCUT2D eigenvalue weighted by Crippen LogP contribution is 2.34. The number of piperazine rings is 1. The Bertz CT molecular complexity index is 414. The van der Waals surface area contributed by atoms with Crippen LogP contribution in [0.25, 0.3) is 0 Å². The molecule has 0 aliphatic carbocycles. The van der Waals surface area contributed by atoms with Gasteiger partial charge < -0.3 is 10.1 Å². The number of hydrogen-bond donors (Lipinski definition) is 1. The summed E-state index contributed by atoms with van der Waals surface area (Å²) in [4.78, 5) is 2.41. The molecular weight excluding hydrogens is 231 g/mol. The van der Waals surface area contributed by atoms with Crippen LogP contribution in [0.5, 0.6) is 0 Å². The van der Waals surface area contributed by atoms with Gasteiger partial charge in [-0.3, -0.25) is 4.90 Å². The molecule has 3 nitrogen and oxygen atoms in total. The molecule has 0 radical (unpaired) electrons. The van der Waals surface area contributed by atoms with Crippen LogP contribution >= 0.6 is 0 Å². The lowest BCUT2D eigenvalue weighted by Gasteiger charge is -2.46. The van der Waals surface area contributed by atoms with Crippen LogP contribution in [0.2, 0.25) is 0 Å². The first-order valence-corrected chi connectivity index (χ1v) is 6.56. The highest BCUT2D eigenvalue weighted by molar-refractivity contribution is 5.30. The molecule has 98 valence electrons. The first kappa shape index (κ1) is 12.1. The van der Waals surface area contributed by atoms with Crippen molar-refractivity contribution in [2.24, 2.45) is 0 Å². The molecule has 0 unspecified atom stereocenters. The Labute approximate surface area is 107 Å². The van der Waals surface area contributed by atoms with E-state index in [1.165, 1.54) is 0 Å². The third-order valence-electron chi connectivity index (χ3n) is 3.94. The van der Waals surface area contributed by atoms with Crippen molar-refractivity contribution in [3.8, 4) is 0 Å². The molecule has 2 fully saturated rings. The van der Waals surface area contributed by atoms with Crippen molar-refractivity contribution in [2.75, 3.05) is 45.9 Å². The van der Waals surface area contributed by atoms with E-state index in [2.05, 4.69) is 10.2 Å². The Morgan fingerprint density at radius 3 is 2.56 bits per heavy atom. The second-order valence-electron chi connectivity index (χ2n) is 5.28. The van der Waals surface area contributed by atoms with Gasteiger partial charge in [-0.15, -0.1) is 0 Å². The highest BCUT2D eigenvalue weighted by atomic mass is 19.1. The topological polar surface area (TPSA) is 24.5 Å². The normalized spacial score (nSPS) is 23.6. The van der Waals surface area contributed by atoms with E-state index in [0.717, 1.165) is 38.3 Å². The molecular formula is C14H19FN2O. The minimum Gasteiger partial charge on any atom is -0.379 e. The Hall–Kier alpha value is -0.970. The summed E-state index contributed by atoms with van der Waals surface area (Å²) in [7, 11) is 0. The van der Waals surface area contributed by atoms with Crippen molar-refractivity contribution in [3.63, 3.8) is 0 Å². The van der Waals surface area contributed by atoms with Crippen LogP contribution in [0.4, 0.5) is 4.39 Å². The van der Waals surface area contributed by atoms with Gasteiger partial charge in [0.05, 0.1) is 18.6 Å². The van der Waals surface area contributed by atoms with Crippen LogP contribution in [0, 0.1) is 5.82 Å². The van der Waals surface area contributed by atoms with Gasteiger partial charge in [-0.25, -0.2) is 4.39 Å². The summed E-state index contributed by atoms with van der Waals surface area (Å²) in [5, 5.41) is 3.34. The molecule has 0 amide bonds. The van der Waals surface area contributed by atoms with E-state index in [-0.39, 0.29) is 11.2 Å². The van der Waals surface area contributed by atoms with Crippen LogP contribution in [0.3, 0.4) is 0 Å². The fourth-order valence-corrected chi connectivity index (χ4v) is 2.87. The Morgan fingerprint density at radius 2 is 1.94 bits per heavy atom. The predicted molar refractivity (Wildman–Crippen MR) is 68.2 cm³/mol. The lowest BCUT2D eigenvalue weighted by atomic mass is 9.77. The average molecular weight is 250 g/mol. The number of nitrogens with zero attached hydrogens (tertiary/aromatic N) is 1. The lowest BCUT2D eigenvalue weighted by Crippen LogP contribution is -2.57. The molecule has 1 aromatic carbocycles. The number of hydrogen-bond acceptors (Lipinski definition) is 3. The Kier molecular flexibility index (Phi) is 3.33. The van der Waals surface area contributed by atoms with E-state index in [1.54, 1.807) is 12.1 Å². The van der Waals surface area contributed by atoms with Crippen molar-refractivity contribution in [2.45, 2.75) is 5.41 Å². The molecule has 4 heteroatoms. The summed E-state index contributed by atoms with van der Waals surface area (Å²) >= 11 is 0. The number of benzene rings is 1. The fourth-order valence-electron chi connectivity index (χ4n) is 2.87. The first-order valence-electron chi connectivity index (χ1n) is 6.56. The lowest BCUT2D eigenvalue weighted by molar-refractivity contribution is -0.0771. The van der Waals surface area contributed by atoms with Crippen LogP contribution < -0.4 is 5.32 Å². The van der Waals surface area contributed by atoms with Gasteiger partial charge in [0.25, 0.3) is 0 Å². The smallest absolute Gasteiger partial charge is 0.127 e. The zero-order valence-corrected chi connectivity index (χ0v) is 10.5. The van der Waals surface area contributed by atoms with E-state index in [9.17, 15) is 4.39 Å². The van der Waals surface area contributed by atoms with E-state index in [4.69, 9.17) is 4.74 Å². The van der Waals surface area contributed by atoms with Gasteiger partial charge in [-0.1, -0.05) is 18.2 Å². The first-order chi connectivity index (χ1) is 8.80. The molecule has 1 N–H and O–H groups in total. The van der Waals surface area contributed by atoms with Gasteiger partial charge in [0, 0.05) is 32.7 Å². The van der Waals surface area contributed by atoms with Gasteiger partial charge in [0.2, 0.25) is 0 Å². The Morgan fingerprint density at radius 1 is 1.22 bits per heavy atom. The van der Waals surface area contributed by atoms with Gasteiger partial charge >= 0.3 is 0 Å². The van der Waals surface area contributed by atoms with Crippen molar-refractivity contribution >= 4 is 0 Å². The third-order valence-corrected chi connectivity index (χ3v) is 3.94. The summed E-state index contributed by atoms with van der Waals surface area (Å²) in [5.74, 6) is -0.101. The molecule has 2 aliphatic heterocycles. The van der Waals surface area contributed by atoms with E-state index in [0.29, 0.717) is 13.2 Å².